The summed E-state index contributed by atoms with van der Waals surface area (Å²) in [5.74, 6) is 0.584. The molecule has 0 saturated heterocycles. The van der Waals surface area contributed by atoms with Crippen LogP contribution in [0.2, 0.25) is 0 Å². The van der Waals surface area contributed by atoms with Crippen LogP contribution in [0.25, 0.3) is 0 Å². The van der Waals surface area contributed by atoms with Crippen molar-refractivity contribution in [2.24, 2.45) is 0 Å². The van der Waals surface area contributed by atoms with E-state index in [0.717, 1.165) is 6.54 Å². The van der Waals surface area contributed by atoms with E-state index in [1.54, 1.807) is 0 Å². The van der Waals surface area contributed by atoms with E-state index in [4.69, 9.17) is 5.73 Å². The van der Waals surface area contributed by atoms with E-state index < -0.39 is 0 Å². The lowest BCUT2D eigenvalue weighted by molar-refractivity contribution is 0.625. The molecule has 0 spiro atoms. The highest BCUT2D eigenvalue weighted by molar-refractivity contribution is 5.48. The van der Waals surface area contributed by atoms with E-state index in [9.17, 15) is 0 Å². The zero-order valence-corrected chi connectivity index (χ0v) is 10.6. The van der Waals surface area contributed by atoms with Crippen LogP contribution >= 0.6 is 0 Å². The Balaban J connectivity index is 2.65. The predicted molar refractivity (Wildman–Crippen MR) is 70.7 cm³/mol. The largest absolute Gasteiger partial charge is 0.384 e. The molecule has 0 aromatic carbocycles. The maximum absolute atomic E-state index is 5.59. The van der Waals surface area contributed by atoms with Crippen molar-refractivity contribution in [1.29, 1.82) is 0 Å². The summed E-state index contributed by atoms with van der Waals surface area (Å²) in [5.41, 5.74) is 6.76. The lowest BCUT2D eigenvalue weighted by Crippen LogP contribution is -2.31. The number of pyridine rings is 1. The van der Waals surface area contributed by atoms with E-state index in [0.29, 0.717) is 11.9 Å². The molecule has 0 bridgehead atoms. The smallest absolute Gasteiger partial charge is 0.123 e. The number of nitrogens with two attached hydrogens (primary N) is 1. The topological polar surface area (TPSA) is 42.1 Å². The second-order valence-corrected chi connectivity index (χ2v) is 4.44. The second kappa shape index (κ2) is 6.36. The normalized spacial score (nSPS) is 10.8. The van der Waals surface area contributed by atoms with Gasteiger partial charge in [0.05, 0.1) is 11.9 Å². The molecule has 16 heavy (non-hydrogen) atoms. The van der Waals surface area contributed by atoms with Gasteiger partial charge in [0.25, 0.3) is 0 Å². The first-order valence-electron chi connectivity index (χ1n) is 6.13. The molecule has 0 aliphatic heterocycles. The fourth-order valence-corrected chi connectivity index (χ4v) is 1.78. The molecule has 0 saturated carbocycles. The van der Waals surface area contributed by atoms with Gasteiger partial charge in [-0.3, -0.25) is 0 Å². The van der Waals surface area contributed by atoms with E-state index >= 15 is 0 Å². The minimum Gasteiger partial charge on any atom is -0.384 e. The molecule has 90 valence electrons. The number of hydrogen-bond acceptors (Lipinski definition) is 3. The van der Waals surface area contributed by atoms with Gasteiger partial charge in [-0.05, 0) is 32.4 Å². The maximum Gasteiger partial charge on any atom is 0.123 e. The zero-order valence-electron chi connectivity index (χ0n) is 10.6. The van der Waals surface area contributed by atoms with Gasteiger partial charge in [0.15, 0.2) is 0 Å². The molecule has 0 atom stereocenters. The molecule has 3 nitrogen and oxygen atoms in total. The Morgan fingerprint density at radius 3 is 2.56 bits per heavy atom. The molecule has 0 radical (unpaired) electrons. The van der Waals surface area contributed by atoms with E-state index in [-0.39, 0.29) is 0 Å². The summed E-state index contributed by atoms with van der Waals surface area (Å²) in [5, 5.41) is 0. The fourth-order valence-electron chi connectivity index (χ4n) is 1.78. The number of nitrogen functional groups attached to an aromatic ring is 1. The van der Waals surface area contributed by atoms with Crippen LogP contribution in [0.5, 0.6) is 0 Å². The van der Waals surface area contributed by atoms with E-state index in [2.05, 4.69) is 30.7 Å². The standard InChI is InChI=1S/C13H23N3/c1-4-5-6-9-16(11(2)3)12-7-8-13(14)15-10-12/h7-8,10-11H,4-6,9H2,1-3H3,(H2,14,15). The molecule has 1 heterocycles. The Morgan fingerprint density at radius 1 is 1.31 bits per heavy atom. The van der Waals surface area contributed by atoms with Crippen molar-refractivity contribution in [2.45, 2.75) is 46.1 Å². The third-order valence-corrected chi connectivity index (χ3v) is 2.73. The van der Waals surface area contributed by atoms with Crippen LogP contribution < -0.4 is 10.6 Å². The van der Waals surface area contributed by atoms with Gasteiger partial charge in [-0.1, -0.05) is 19.8 Å². The summed E-state index contributed by atoms with van der Waals surface area (Å²) in [7, 11) is 0. The Bertz CT molecular complexity index is 293. The first kappa shape index (κ1) is 12.8. The summed E-state index contributed by atoms with van der Waals surface area (Å²) in [6, 6.07) is 4.42. The lowest BCUT2D eigenvalue weighted by Gasteiger charge is -2.28. The summed E-state index contributed by atoms with van der Waals surface area (Å²) in [6.45, 7) is 7.74. The third-order valence-electron chi connectivity index (χ3n) is 2.73. The first-order chi connectivity index (χ1) is 7.65. The highest BCUT2D eigenvalue weighted by Gasteiger charge is 2.09. The van der Waals surface area contributed by atoms with Gasteiger partial charge in [0, 0.05) is 12.6 Å². The van der Waals surface area contributed by atoms with Crippen LogP contribution in [0.15, 0.2) is 18.3 Å². The summed E-state index contributed by atoms with van der Waals surface area (Å²) in [6.07, 6.45) is 5.64. The second-order valence-electron chi connectivity index (χ2n) is 4.44. The average molecular weight is 221 g/mol. The van der Waals surface area contributed by atoms with Gasteiger partial charge in [-0.25, -0.2) is 4.98 Å². The Labute approximate surface area is 98.7 Å². The Kier molecular flexibility index (Phi) is 5.09. The SMILES string of the molecule is CCCCCN(c1ccc(N)nc1)C(C)C. The molecular weight excluding hydrogens is 198 g/mol. The monoisotopic (exact) mass is 221 g/mol. The molecule has 0 unspecified atom stereocenters. The van der Waals surface area contributed by atoms with Crippen molar-refractivity contribution in [1.82, 2.24) is 4.98 Å². The Hall–Kier alpha value is -1.25. The molecule has 0 fully saturated rings. The van der Waals surface area contributed by atoms with Crippen molar-refractivity contribution in [2.75, 3.05) is 17.2 Å². The summed E-state index contributed by atoms with van der Waals surface area (Å²) < 4.78 is 0. The lowest BCUT2D eigenvalue weighted by atomic mass is 10.2. The van der Waals surface area contributed by atoms with Crippen LogP contribution in [-0.4, -0.2) is 17.6 Å². The van der Waals surface area contributed by atoms with Gasteiger partial charge >= 0.3 is 0 Å². The number of unbranched alkanes of at least 4 members (excludes halogenated alkanes) is 2. The van der Waals surface area contributed by atoms with Gasteiger partial charge in [-0.2, -0.15) is 0 Å². The molecule has 1 aromatic heterocycles. The van der Waals surface area contributed by atoms with Crippen molar-refractivity contribution >= 4 is 11.5 Å². The quantitative estimate of drug-likeness (QED) is 0.751. The highest BCUT2D eigenvalue weighted by Crippen LogP contribution is 2.17. The average Bonchev–Trinajstić information content (AvgIpc) is 2.26. The van der Waals surface area contributed by atoms with Gasteiger partial charge in [-0.15, -0.1) is 0 Å². The number of nitrogens with zero attached hydrogens (tertiary/aromatic N) is 2. The van der Waals surface area contributed by atoms with Crippen LogP contribution in [0.3, 0.4) is 0 Å². The van der Waals surface area contributed by atoms with Crippen molar-refractivity contribution in [3.63, 3.8) is 0 Å². The third kappa shape index (κ3) is 3.72. The van der Waals surface area contributed by atoms with E-state index in [1.807, 2.05) is 18.3 Å². The van der Waals surface area contributed by atoms with Crippen molar-refractivity contribution in [3.8, 4) is 0 Å². The molecule has 0 aliphatic rings. The molecule has 1 rings (SSSR count). The number of hydrogen-bond donors (Lipinski definition) is 1. The van der Waals surface area contributed by atoms with Crippen LogP contribution in [0, 0.1) is 0 Å². The van der Waals surface area contributed by atoms with Crippen LogP contribution in [0.1, 0.15) is 40.0 Å². The van der Waals surface area contributed by atoms with Crippen molar-refractivity contribution < 1.29 is 0 Å². The minimum atomic E-state index is 0.502. The molecule has 3 heteroatoms. The number of rotatable bonds is 6. The fraction of sp³-hybridized carbons (Fsp3) is 0.615. The number of anilines is 2. The van der Waals surface area contributed by atoms with Crippen LogP contribution in [0.4, 0.5) is 11.5 Å². The molecule has 2 N–H and O–H groups in total. The highest BCUT2D eigenvalue weighted by atomic mass is 15.2. The first-order valence-corrected chi connectivity index (χ1v) is 6.13. The zero-order chi connectivity index (χ0) is 12.0. The summed E-state index contributed by atoms with van der Waals surface area (Å²) >= 11 is 0. The molecule has 1 aromatic rings. The van der Waals surface area contributed by atoms with Gasteiger partial charge in [0.2, 0.25) is 0 Å². The Morgan fingerprint density at radius 2 is 2.06 bits per heavy atom. The van der Waals surface area contributed by atoms with Crippen molar-refractivity contribution in [3.05, 3.63) is 18.3 Å². The summed E-state index contributed by atoms with van der Waals surface area (Å²) in [4.78, 5) is 6.52. The molecule has 0 amide bonds. The minimum absolute atomic E-state index is 0.502. The van der Waals surface area contributed by atoms with Gasteiger partial charge in [0.1, 0.15) is 5.82 Å². The van der Waals surface area contributed by atoms with Gasteiger partial charge < -0.3 is 10.6 Å². The van der Waals surface area contributed by atoms with E-state index in [1.165, 1.54) is 24.9 Å². The molecule has 0 aliphatic carbocycles. The predicted octanol–water partition coefficient (Wildman–Crippen LogP) is 3.07. The molecular formula is C13H23N3. The maximum atomic E-state index is 5.59. The van der Waals surface area contributed by atoms with Crippen LogP contribution in [-0.2, 0) is 0 Å². The number of aromatic nitrogens is 1.